The number of hydrogen-bond acceptors (Lipinski definition) is 13. The van der Waals surface area contributed by atoms with Crippen molar-refractivity contribution in [3.63, 3.8) is 0 Å². The number of rotatable bonds is 10. The van der Waals surface area contributed by atoms with Crippen LogP contribution in [0, 0.1) is 0 Å². The Hall–Kier alpha value is -4.14. The molecule has 2 aliphatic carbocycles. The predicted molar refractivity (Wildman–Crippen MR) is 192 cm³/mol. The Morgan fingerprint density at radius 1 is 0.585 bits per heavy atom. The Morgan fingerprint density at radius 2 is 0.962 bits per heavy atom. The first-order valence-electron chi connectivity index (χ1n) is 14.8. The summed E-state index contributed by atoms with van der Waals surface area (Å²) in [5.41, 5.74) is 6.07. The topological polar surface area (TPSA) is 222 Å². The molecule has 0 aliphatic heterocycles. The first kappa shape index (κ1) is 41.6. The van der Waals surface area contributed by atoms with Gasteiger partial charge in [0.15, 0.2) is 11.4 Å². The van der Waals surface area contributed by atoms with E-state index in [2.05, 4.69) is 26.4 Å². The van der Waals surface area contributed by atoms with Gasteiger partial charge in [-0.2, -0.15) is 27.0 Å². The second kappa shape index (κ2) is 16.9. The minimum absolute atomic E-state index is 0. The molecule has 15 nitrogen and oxygen atoms in total. The fraction of sp³-hybridized carbons (Fsp3) is 0.0588. The number of hydrazone groups is 2. The molecule has 0 atom stereocenters. The van der Waals surface area contributed by atoms with Crippen LogP contribution in [0.4, 0.5) is 22.7 Å². The summed E-state index contributed by atoms with van der Waals surface area (Å²) < 4.78 is 79.9. The first-order valence-corrected chi connectivity index (χ1v) is 17.6. The fourth-order valence-corrected chi connectivity index (χ4v) is 6.63. The third-order valence-corrected chi connectivity index (χ3v) is 9.43. The number of methoxy groups -OCH3 is 2. The molecule has 260 valence electrons. The van der Waals surface area contributed by atoms with E-state index in [1.165, 1.54) is 50.6 Å². The van der Waals surface area contributed by atoms with Crippen LogP contribution in [0.5, 0.6) is 11.5 Å². The number of anilines is 4. The van der Waals surface area contributed by atoms with Gasteiger partial charge in [0.2, 0.25) is 11.6 Å². The summed E-state index contributed by atoms with van der Waals surface area (Å²) in [5.74, 6) is -0.794. The molecule has 0 aromatic heterocycles. The molecule has 0 saturated carbocycles. The quantitative estimate of drug-likeness (QED) is 0.0761. The summed E-state index contributed by atoms with van der Waals surface area (Å²) in [5, 5.41) is 11.0. The normalized spacial score (nSPS) is 15.2. The van der Waals surface area contributed by atoms with Gasteiger partial charge in [0, 0.05) is 22.5 Å². The van der Waals surface area contributed by atoms with E-state index in [0.29, 0.717) is 34.2 Å². The first-order chi connectivity index (χ1) is 24.3. The molecule has 0 radical (unpaired) electrons. The van der Waals surface area contributed by atoms with Gasteiger partial charge < -0.3 is 14.8 Å². The maximum atomic E-state index is 13.4. The summed E-state index contributed by atoms with van der Waals surface area (Å²) in [4.78, 5) is 25.4. The van der Waals surface area contributed by atoms with Gasteiger partial charge >= 0.3 is 59.1 Å². The molecule has 0 amide bonds. The van der Waals surface area contributed by atoms with Gasteiger partial charge in [-0.05, 0) is 83.9 Å². The van der Waals surface area contributed by atoms with Crippen LogP contribution in [0.25, 0.3) is 12.2 Å². The number of hydrogen-bond donors (Lipinski definition) is 5. The van der Waals surface area contributed by atoms with Gasteiger partial charge in [-0.15, -0.1) is 0 Å². The minimum Gasteiger partial charge on any atom is -0.495 e. The SMILES string of the molecule is COc1ccccc1N/N=C1/C(=O)c2ccc(Nc3ccc4c(c3)C=C(S(=O)(=O)O)/C(=N\Nc3ccccc3OC)C4=O)cc2C=C1S(=O)(=O)O.[Na+].[Na+]. The monoisotopic (exact) mass is 775 g/mol. The molecule has 6 rings (SSSR count). The summed E-state index contributed by atoms with van der Waals surface area (Å²) in [6.45, 7) is 0. The molecular weight excluding hydrogens is 749 g/mol. The number of carbonyl (C=O) groups is 2. The summed E-state index contributed by atoms with van der Waals surface area (Å²) in [7, 11) is -6.97. The summed E-state index contributed by atoms with van der Waals surface area (Å²) in [6, 6.07) is 22.1. The average molecular weight is 776 g/mol. The molecule has 5 N–H and O–H groups in total. The number of carbonyl (C=O) groups excluding carboxylic acids is 2. The second-order valence-electron chi connectivity index (χ2n) is 10.9. The van der Waals surface area contributed by atoms with Crippen LogP contribution < -0.4 is 84.8 Å². The zero-order valence-corrected chi connectivity index (χ0v) is 34.2. The van der Waals surface area contributed by atoms with Crippen molar-refractivity contribution in [2.45, 2.75) is 0 Å². The molecule has 0 saturated heterocycles. The molecule has 0 heterocycles. The maximum absolute atomic E-state index is 13.4. The van der Waals surface area contributed by atoms with E-state index < -0.39 is 53.0 Å². The Morgan fingerprint density at radius 3 is 1.32 bits per heavy atom. The minimum atomic E-state index is -4.91. The van der Waals surface area contributed by atoms with Gasteiger partial charge in [-0.25, -0.2) is 0 Å². The average Bonchev–Trinajstić information content (AvgIpc) is 3.10. The van der Waals surface area contributed by atoms with Crippen LogP contribution in [0.3, 0.4) is 0 Å². The zero-order chi connectivity index (χ0) is 36.5. The molecule has 0 spiro atoms. The molecule has 2 aliphatic rings. The second-order valence-corrected chi connectivity index (χ2v) is 13.7. The molecule has 0 bridgehead atoms. The molecule has 53 heavy (non-hydrogen) atoms. The van der Waals surface area contributed by atoms with Crippen LogP contribution in [0.1, 0.15) is 31.8 Å². The van der Waals surface area contributed by atoms with Crippen LogP contribution in [-0.2, 0) is 20.2 Å². The van der Waals surface area contributed by atoms with E-state index in [1.807, 2.05) is 0 Å². The van der Waals surface area contributed by atoms with Crippen molar-refractivity contribution in [2.24, 2.45) is 10.2 Å². The summed E-state index contributed by atoms with van der Waals surface area (Å²) >= 11 is 0. The number of nitrogens with one attached hydrogen (secondary N) is 3. The Kier molecular flexibility index (Phi) is 13.3. The largest absolute Gasteiger partial charge is 1.00 e. The van der Waals surface area contributed by atoms with Gasteiger partial charge in [0.05, 0.1) is 25.6 Å². The van der Waals surface area contributed by atoms with Crippen LogP contribution in [-0.4, -0.2) is 63.2 Å². The van der Waals surface area contributed by atoms with Crippen molar-refractivity contribution in [3.8, 4) is 11.5 Å². The number of benzene rings is 4. The van der Waals surface area contributed by atoms with Crippen molar-refractivity contribution < 1.29 is 104 Å². The molecule has 4 aromatic carbocycles. The van der Waals surface area contributed by atoms with Gasteiger partial charge in [0.1, 0.15) is 21.3 Å². The van der Waals surface area contributed by atoms with Crippen molar-refractivity contribution in [3.05, 3.63) is 117 Å². The number of fused-ring (bicyclic) bond motifs is 2. The van der Waals surface area contributed by atoms with Crippen LogP contribution in [0.15, 0.2) is 105 Å². The van der Waals surface area contributed by atoms with Crippen LogP contribution >= 0.6 is 0 Å². The zero-order valence-electron chi connectivity index (χ0n) is 28.6. The Balaban J connectivity index is 0.00000314. The third kappa shape index (κ3) is 8.98. The molecule has 0 fully saturated rings. The number of allylic oxidation sites excluding steroid dienone is 2. The van der Waals surface area contributed by atoms with E-state index in [0.717, 1.165) is 12.2 Å². The van der Waals surface area contributed by atoms with E-state index in [9.17, 15) is 35.5 Å². The van der Waals surface area contributed by atoms with E-state index in [-0.39, 0.29) is 81.4 Å². The van der Waals surface area contributed by atoms with Gasteiger partial charge in [-0.1, -0.05) is 24.3 Å². The number of nitrogens with zero attached hydrogens (tertiary/aromatic N) is 2. The molecule has 19 heteroatoms. The third-order valence-electron chi connectivity index (χ3n) is 7.70. The number of ketones is 2. The van der Waals surface area contributed by atoms with Crippen molar-refractivity contribution in [1.29, 1.82) is 0 Å². The fourth-order valence-electron chi connectivity index (χ4n) is 5.31. The van der Waals surface area contributed by atoms with Crippen molar-refractivity contribution >= 4 is 78.1 Å². The van der Waals surface area contributed by atoms with Gasteiger partial charge in [-0.3, -0.25) is 29.5 Å². The number of para-hydroxylation sites is 4. The Bertz CT molecular complexity index is 2310. The van der Waals surface area contributed by atoms with Gasteiger partial charge in [0.25, 0.3) is 20.2 Å². The van der Waals surface area contributed by atoms with E-state index in [4.69, 9.17) is 9.47 Å². The van der Waals surface area contributed by atoms with Crippen LogP contribution in [0.2, 0.25) is 0 Å². The standard InChI is InChI=1S/C34H27N5O10S2.2Na/c1-48-27-9-5-3-7-25(27)36-38-31-29(50(42,43)44)17-19-15-21(11-13-23(19)33(31)40)35-22-12-14-24-20(16-22)18-30(51(45,46)47)32(34(24)41)39-37-26-8-4-6-10-28(26)49-2;;/h3-18,35-37H,1-2H3,(H,42,43,44)(H,45,46,47);;/q;2*+1/b38-31+,39-32+;;. The van der Waals surface area contributed by atoms with E-state index >= 15 is 0 Å². The summed E-state index contributed by atoms with van der Waals surface area (Å²) in [6.07, 6.45) is 2.21. The molecular formula is C34H27N5Na2O10S2+2. The molecule has 4 aromatic rings. The smallest absolute Gasteiger partial charge is 0.495 e. The van der Waals surface area contributed by atoms with Crippen molar-refractivity contribution in [2.75, 3.05) is 30.4 Å². The number of Topliss-reactive ketones (excluding diaryl/α,β-unsaturated/α-hetero) is 2. The Labute approximate surface area is 348 Å². The number of ether oxygens (including phenoxy) is 2. The maximum Gasteiger partial charge on any atom is 1.00 e. The van der Waals surface area contributed by atoms with Crippen molar-refractivity contribution in [1.82, 2.24) is 0 Å². The van der Waals surface area contributed by atoms with E-state index in [1.54, 1.807) is 48.5 Å². The predicted octanol–water partition coefficient (Wildman–Crippen LogP) is -0.758. The molecule has 0 unspecified atom stereocenters.